The zero-order valence-corrected chi connectivity index (χ0v) is 10.4. The standard InChI is InChI=1S/C12H20N4O/c1-8(7-17-2)6-14-11-5-10(13)15-12(16-11)9-3-4-9/h5,8-9H,3-4,6-7H2,1-2H3,(H3,13,14,15,16). The van der Waals surface area contributed by atoms with Gasteiger partial charge in [0, 0.05) is 25.6 Å². The van der Waals surface area contributed by atoms with E-state index in [0.29, 0.717) is 17.7 Å². The van der Waals surface area contributed by atoms with Crippen molar-refractivity contribution >= 4 is 11.6 Å². The van der Waals surface area contributed by atoms with Crippen molar-refractivity contribution in [1.29, 1.82) is 0 Å². The second kappa shape index (κ2) is 5.31. The monoisotopic (exact) mass is 236 g/mol. The molecule has 1 saturated carbocycles. The Labute approximate surface area is 102 Å². The number of anilines is 2. The van der Waals surface area contributed by atoms with Crippen molar-refractivity contribution < 1.29 is 4.74 Å². The molecule has 0 radical (unpaired) electrons. The molecule has 1 atom stereocenters. The molecule has 0 amide bonds. The first-order valence-electron chi connectivity index (χ1n) is 6.06. The van der Waals surface area contributed by atoms with Gasteiger partial charge >= 0.3 is 0 Å². The predicted octanol–water partition coefficient (Wildman–Crippen LogP) is 1.63. The first-order valence-corrected chi connectivity index (χ1v) is 6.06. The molecule has 1 aliphatic rings. The Hall–Kier alpha value is -1.36. The van der Waals surface area contributed by atoms with Crippen LogP contribution in [0.1, 0.15) is 31.5 Å². The lowest BCUT2D eigenvalue weighted by atomic mass is 10.2. The van der Waals surface area contributed by atoms with Gasteiger partial charge in [-0.3, -0.25) is 0 Å². The van der Waals surface area contributed by atoms with Crippen LogP contribution in [0.2, 0.25) is 0 Å². The van der Waals surface area contributed by atoms with Crippen LogP contribution in [0.4, 0.5) is 11.6 Å². The van der Waals surface area contributed by atoms with Crippen LogP contribution in [0.25, 0.3) is 0 Å². The second-order valence-electron chi connectivity index (χ2n) is 4.75. The zero-order chi connectivity index (χ0) is 12.3. The van der Waals surface area contributed by atoms with Crippen molar-refractivity contribution in [3.8, 4) is 0 Å². The predicted molar refractivity (Wildman–Crippen MR) is 67.9 cm³/mol. The minimum atomic E-state index is 0.445. The van der Waals surface area contributed by atoms with E-state index in [1.54, 1.807) is 13.2 Å². The number of rotatable bonds is 6. The van der Waals surface area contributed by atoms with Crippen molar-refractivity contribution in [2.24, 2.45) is 5.92 Å². The molecule has 5 nitrogen and oxygen atoms in total. The SMILES string of the molecule is COCC(C)CNc1cc(N)nc(C2CC2)n1. The summed E-state index contributed by atoms with van der Waals surface area (Å²) in [5.74, 6) is 3.22. The molecule has 0 spiro atoms. The summed E-state index contributed by atoms with van der Waals surface area (Å²) in [7, 11) is 1.71. The maximum Gasteiger partial charge on any atom is 0.136 e. The third kappa shape index (κ3) is 3.56. The van der Waals surface area contributed by atoms with Gasteiger partial charge in [-0.05, 0) is 18.8 Å². The number of nitrogens with one attached hydrogen (secondary N) is 1. The first-order chi connectivity index (χ1) is 8.19. The van der Waals surface area contributed by atoms with Crippen molar-refractivity contribution in [2.75, 3.05) is 31.3 Å². The molecule has 17 heavy (non-hydrogen) atoms. The van der Waals surface area contributed by atoms with Gasteiger partial charge in [-0.1, -0.05) is 6.92 Å². The fraction of sp³-hybridized carbons (Fsp3) is 0.667. The van der Waals surface area contributed by atoms with Crippen molar-refractivity contribution in [1.82, 2.24) is 9.97 Å². The Balaban J connectivity index is 1.95. The van der Waals surface area contributed by atoms with Crippen molar-refractivity contribution in [2.45, 2.75) is 25.7 Å². The Morgan fingerprint density at radius 3 is 2.94 bits per heavy atom. The van der Waals surface area contributed by atoms with Crippen LogP contribution in [-0.2, 0) is 4.74 Å². The van der Waals surface area contributed by atoms with Gasteiger partial charge < -0.3 is 15.8 Å². The van der Waals surface area contributed by atoms with Crippen LogP contribution in [0, 0.1) is 5.92 Å². The maximum atomic E-state index is 5.77. The quantitative estimate of drug-likeness (QED) is 0.785. The van der Waals surface area contributed by atoms with Gasteiger partial charge in [0.2, 0.25) is 0 Å². The molecule has 0 saturated heterocycles. The van der Waals surface area contributed by atoms with Gasteiger partial charge in [0.05, 0.1) is 6.61 Å². The minimum Gasteiger partial charge on any atom is -0.384 e. The lowest BCUT2D eigenvalue weighted by Crippen LogP contribution is -2.17. The van der Waals surface area contributed by atoms with E-state index in [1.807, 2.05) is 0 Å². The number of ether oxygens (including phenoxy) is 1. The normalized spacial score (nSPS) is 16.8. The molecule has 1 aromatic rings. The average molecular weight is 236 g/mol. The third-order valence-electron chi connectivity index (χ3n) is 2.79. The largest absolute Gasteiger partial charge is 0.384 e. The van der Waals surface area contributed by atoms with E-state index in [2.05, 4.69) is 22.2 Å². The number of nitrogens with zero attached hydrogens (tertiary/aromatic N) is 2. The molecule has 1 aromatic heterocycles. The lowest BCUT2D eigenvalue weighted by molar-refractivity contribution is 0.164. The van der Waals surface area contributed by atoms with E-state index in [1.165, 1.54) is 12.8 Å². The lowest BCUT2D eigenvalue weighted by Gasteiger charge is -2.12. The van der Waals surface area contributed by atoms with E-state index in [4.69, 9.17) is 10.5 Å². The van der Waals surface area contributed by atoms with E-state index < -0.39 is 0 Å². The molecule has 3 N–H and O–H groups in total. The Kier molecular flexibility index (Phi) is 3.78. The number of methoxy groups -OCH3 is 1. The van der Waals surface area contributed by atoms with Gasteiger partial charge in [-0.2, -0.15) is 0 Å². The summed E-state index contributed by atoms with van der Waals surface area (Å²) in [6.07, 6.45) is 2.37. The number of aromatic nitrogens is 2. The molecule has 94 valence electrons. The fourth-order valence-corrected chi connectivity index (χ4v) is 1.72. The van der Waals surface area contributed by atoms with Crippen LogP contribution in [0.3, 0.4) is 0 Å². The highest BCUT2D eigenvalue weighted by atomic mass is 16.5. The number of hydrogen-bond acceptors (Lipinski definition) is 5. The summed E-state index contributed by atoms with van der Waals surface area (Å²) in [4.78, 5) is 8.75. The Morgan fingerprint density at radius 1 is 1.53 bits per heavy atom. The highest BCUT2D eigenvalue weighted by molar-refractivity contribution is 5.45. The van der Waals surface area contributed by atoms with Gasteiger partial charge in [0.1, 0.15) is 17.5 Å². The molecule has 2 rings (SSSR count). The minimum absolute atomic E-state index is 0.445. The molecular weight excluding hydrogens is 216 g/mol. The van der Waals surface area contributed by atoms with E-state index in [9.17, 15) is 0 Å². The molecule has 1 fully saturated rings. The molecular formula is C12H20N4O. The summed E-state index contributed by atoms with van der Waals surface area (Å²) in [6.45, 7) is 3.69. The zero-order valence-electron chi connectivity index (χ0n) is 10.4. The molecule has 1 aliphatic carbocycles. The van der Waals surface area contributed by atoms with Crippen molar-refractivity contribution in [3.63, 3.8) is 0 Å². The fourth-order valence-electron chi connectivity index (χ4n) is 1.72. The maximum absolute atomic E-state index is 5.77. The Morgan fingerprint density at radius 2 is 2.29 bits per heavy atom. The highest BCUT2D eigenvalue weighted by Crippen LogP contribution is 2.38. The van der Waals surface area contributed by atoms with Gasteiger partial charge in [-0.15, -0.1) is 0 Å². The van der Waals surface area contributed by atoms with Gasteiger partial charge in [-0.25, -0.2) is 9.97 Å². The summed E-state index contributed by atoms with van der Waals surface area (Å²) in [5.41, 5.74) is 5.77. The Bertz CT molecular complexity index is 379. The van der Waals surface area contributed by atoms with E-state index in [-0.39, 0.29) is 0 Å². The summed E-state index contributed by atoms with van der Waals surface area (Å²) < 4.78 is 5.09. The highest BCUT2D eigenvalue weighted by Gasteiger charge is 2.27. The van der Waals surface area contributed by atoms with E-state index >= 15 is 0 Å². The molecule has 0 aromatic carbocycles. The number of hydrogen-bond donors (Lipinski definition) is 2. The molecule has 1 unspecified atom stereocenters. The first kappa shape index (κ1) is 12.1. The number of nitrogen functional groups attached to an aromatic ring is 1. The van der Waals surface area contributed by atoms with Crippen LogP contribution < -0.4 is 11.1 Å². The van der Waals surface area contributed by atoms with Crippen LogP contribution >= 0.6 is 0 Å². The van der Waals surface area contributed by atoms with E-state index in [0.717, 1.165) is 24.8 Å². The van der Waals surface area contributed by atoms with Crippen molar-refractivity contribution in [3.05, 3.63) is 11.9 Å². The van der Waals surface area contributed by atoms with Crippen LogP contribution in [-0.4, -0.2) is 30.2 Å². The second-order valence-corrected chi connectivity index (χ2v) is 4.75. The summed E-state index contributed by atoms with van der Waals surface area (Å²) in [5, 5.41) is 3.28. The molecule has 5 heteroatoms. The third-order valence-corrected chi connectivity index (χ3v) is 2.79. The number of nitrogens with two attached hydrogens (primary N) is 1. The van der Waals surface area contributed by atoms with Crippen LogP contribution in [0.15, 0.2) is 6.07 Å². The smallest absolute Gasteiger partial charge is 0.136 e. The van der Waals surface area contributed by atoms with Gasteiger partial charge in [0.25, 0.3) is 0 Å². The average Bonchev–Trinajstić information content (AvgIpc) is 3.10. The summed E-state index contributed by atoms with van der Waals surface area (Å²) in [6, 6.07) is 1.78. The molecule has 0 bridgehead atoms. The van der Waals surface area contributed by atoms with Crippen LogP contribution in [0.5, 0.6) is 0 Å². The summed E-state index contributed by atoms with van der Waals surface area (Å²) >= 11 is 0. The van der Waals surface area contributed by atoms with Gasteiger partial charge in [0.15, 0.2) is 0 Å². The topological polar surface area (TPSA) is 73.1 Å². The molecule has 0 aliphatic heterocycles. The molecule has 1 heterocycles.